The Balaban J connectivity index is 1.57. The minimum Gasteiger partial charge on any atom is -0.449 e. The monoisotopic (exact) mass is 447 g/mol. The number of anilines is 3. The molecule has 3 N–H and O–H groups in total. The lowest BCUT2D eigenvalue weighted by molar-refractivity contribution is -0.120. The predicted octanol–water partition coefficient (Wildman–Crippen LogP) is 4.99. The number of halogens is 1. The van der Waals surface area contributed by atoms with Crippen molar-refractivity contribution >= 4 is 58.3 Å². The van der Waals surface area contributed by atoms with E-state index in [0.717, 1.165) is 4.90 Å². The highest BCUT2D eigenvalue weighted by Gasteiger charge is 2.29. The van der Waals surface area contributed by atoms with Gasteiger partial charge in [0.1, 0.15) is 0 Å². The summed E-state index contributed by atoms with van der Waals surface area (Å²) in [6, 6.07) is 12.0. The van der Waals surface area contributed by atoms with E-state index in [2.05, 4.69) is 16.0 Å². The topological polar surface area (TPSA) is 96.5 Å². The summed E-state index contributed by atoms with van der Waals surface area (Å²) in [5, 5.41) is 8.15. The van der Waals surface area contributed by atoms with Crippen LogP contribution < -0.4 is 16.0 Å². The van der Waals surface area contributed by atoms with E-state index < -0.39 is 11.3 Å². The number of amides is 3. The number of rotatable bonds is 6. The van der Waals surface area contributed by atoms with Crippen molar-refractivity contribution in [2.24, 2.45) is 5.92 Å². The maximum Gasteiger partial charge on any atom is 0.411 e. The van der Waals surface area contributed by atoms with Gasteiger partial charge in [0.25, 0.3) is 0 Å². The molecule has 1 unspecified atom stereocenters. The lowest BCUT2D eigenvalue weighted by Crippen LogP contribution is -2.32. The number of nitrogens with one attached hydrogen (secondary N) is 3. The van der Waals surface area contributed by atoms with E-state index in [9.17, 15) is 14.4 Å². The molecule has 3 rings (SSSR count). The van der Waals surface area contributed by atoms with E-state index in [1.807, 2.05) is 19.9 Å². The van der Waals surface area contributed by atoms with Gasteiger partial charge in [-0.2, -0.15) is 0 Å². The van der Waals surface area contributed by atoms with E-state index >= 15 is 0 Å². The number of fused-ring (bicyclic) bond motifs is 1. The van der Waals surface area contributed by atoms with Crippen molar-refractivity contribution in [1.82, 2.24) is 0 Å². The molecule has 1 aliphatic heterocycles. The Morgan fingerprint density at radius 3 is 2.63 bits per heavy atom. The Morgan fingerprint density at radius 2 is 1.90 bits per heavy atom. The smallest absolute Gasteiger partial charge is 0.411 e. The van der Waals surface area contributed by atoms with E-state index in [-0.39, 0.29) is 24.2 Å². The van der Waals surface area contributed by atoms with Gasteiger partial charge in [0, 0.05) is 27.7 Å². The zero-order chi connectivity index (χ0) is 21.7. The summed E-state index contributed by atoms with van der Waals surface area (Å²) < 4.78 is 5.08. The van der Waals surface area contributed by atoms with Crippen molar-refractivity contribution in [2.75, 3.05) is 22.6 Å². The fraction of sp³-hybridized carbons (Fsp3) is 0.286. The Bertz CT molecular complexity index is 967. The van der Waals surface area contributed by atoms with Crippen LogP contribution in [0.25, 0.3) is 0 Å². The van der Waals surface area contributed by atoms with Crippen molar-refractivity contribution in [3.63, 3.8) is 0 Å². The van der Waals surface area contributed by atoms with Crippen LogP contribution in [-0.4, -0.2) is 29.8 Å². The van der Waals surface area contributed by atoms with Gasteiger partial charge in [-0.3, -0.25) is 14.9 Å². The van der Waals surface area contributed by atoms with Crippen LogP contribution in [0.3, 0.4) is 0 Å². The molecule has 2 aromatic carbocycles. The third-order valence-corrected chi connectivity index (χ3v) is 5.58. The van der Waals surface area contributed by atoms with Crippen molar-refractivity contribution in [1.29, 1.82) is 0 Å². The summed E-state index contributed by atoms with van der Waals surface area (Å²) in [4.78, 5) is 37.4. The van der Waals surface area contributed by atoms with Crippen LogP contribution in [0.4, 0.5) is 21.9 Å². The van der Waals surface area contributed by atoms with Crippen molar-refractivity contribution in [2.45, 2.75) is 30.4 Å². The first kappa shape index (κ1) is 22.0. The van der Waals surface area contributed by atoms with E-state index in [0.29, 0.717) is 28.7 Å². The number of benzene rings is 2. The highest BCUT2D eigenvalue weighted by atomic mass is 35.5. The quantitative estimate of drug-likeness (QED) is 0.579. The molecule has 0 saturated carbocycles. The van der Waals surface area contributed by atoms with Gasteiger partial charge in [0.05, 0.1) is 17.5 Å². The van der Waals surface area contributed by atoms with E-state index in [1.165, 1.54) is 11.8 Å². The molecule has 0 aliphatic carbocycles. The third kappa shape index (κ3) is 6.14. The van der Waals surface area contributed by atoms with Crippen LogP contribution >= 0.6 is 23.4 Å². The number of carbonyl (C=O) groups excluding carboxylic acids is 3. The van der Waals surface area contributed by atoms with Gasteiger partial charge in [-0.1, -0.05) is 31.5 Å². The van der Waals surface area contributed by atoms with Gasteiger partial charge in [-0.15, -0.1) is 11.8 Å². The second-order valence-electron chi connectivity index (χ2n) is 7.19. The molecule has 30 heavy (non-hydrogen) atoms. The molecule has 9 heteroatoms. The zero-order valence-corrected chi connectivity index (χ0v) is 18.1. The average Bonchev–Trinajstić information content (AvgIpc) is 2.67. The van der Waals surface area contributed by atoms with E-state index in [1.54, 1.807) is 36.4 Å². The second kappa shape index (κ2) is 9.86. The summed E-state index contributed by atoms with van der Waals surface area (Å²) in [6.07, 6.45) is -0.548. The summed E-state index contributed by atoms with van der Waals surface area (Å²) >= 11 is 7.28. The van der Waals surface area contributed by atoms with Crippen LogP contribution in [0, 0.1) is 5.92 Å². The maximum atomic E-state index is 12.5. The first-order chi connectivity index (χ1) is 14.3. The zero-order valence-electron chi connectivity index (χ0n) is 16.5. The van der Waals surface area contributed by atoms with Gasteiger partial charge in [-0.25, -0.2) is 4.79 Å². The molecule has 0 aromatic heterocycles. The maximum absolute atomic E-state index is 12.5. The molecule has 1 aliphatic rings. The first-order valence-corrected chi connectivity index (χ1v) is 10.7. The Morgan fingerprint density at radius 1 is 1.17 bits per heavy atom. The molecule has 7 nitrogen and oxygen atoms in total. The first-order valence-electron chi connectivity index (χ1n) is 9.41. The number of ether oxygens (including phenoxy) is 1. The molecule has 2 aromatic rings. The van der Waals surface area contributed by atoms with Crippen LogP contribution in [0.15, 0.2) is 47.4 Å². The minimum absolute atomic E-state index is 0.00660. The minimum atomic E-state index is -0.554. The largest absolute Gasteiger partial charge is 0.449 e. The predicted molar refractivity (Wildman–Crippen MR) is 119 cm³/mol. The van der Waals surface area contributed by atoms with Gasteiger partial charge in [0.15, 0.2) is 0 Å². The molecular formula is C21H22ClN3O4S. The van der Waals surface area contributed by atoms with Gasteiger partial charge >= 0.3 is 6.09 Å². The molecule has 0 spiro atoms. The third-order valence-electron chi connectivity index (χ3n) is 4.07. The average molecular weight is 448 g/mol. The highest BCUT2D eigenvalue weighted by Crippen LogP contribution is 2.38. The molecule has 1 atom stereocenters. The second-order valence-corrected chi connectivity index (χ2v) is 8.87. The van der Waals surface area contributed by atoms with Crippen molar-refractivity contribution in [3.8, 4) is 0 Å². The summed E-state index contributed by atoms with van der Waals surface area (Å²) in [7, 11) is 0. The molecule has 1 heterocycles. The highest BCUT2D eigenvalue weighted by molar-refractivity contribution is 8.01. The normalized spacial score (nSPS) is 15.2. The molecule has 158 valence electrons. The van der Waals surface area contributed by atoms with Gasteiger partial charge < -0.3 is 15.4 Å². The summed E-state index contributed by atoms with van der Waals surface area (Å²) in [5.41, 5.74) is 1.66. The fourth-order valence-corrected chi connectivity index (χ4v) is 3.97. The lowest BCUT2D eigenvalue weighted by Gasteiger charge is -2.23. The Labute approximate surface area is 183 Å². The molecule has 0 bridgehead atoms. The summed E-state index contributed by atoms with van der Waals surface area (Å²) in [6.45, 7) is 4.21. The van der Waals surface area contributed by atoms with Crippen LogP contribution in [0.1, 0.15) is 20.3 Å². The van der Waals surface area contributed by atoms with Crippen LogP contribution in [0.2, 0.25) is 5.02 Å². The Hall–Kier alpha value is -2.71. The fourth-order valence-electron chi connectivity index (χ4n) is 2.71. The number of carbonyl (C=O) groups is 3. The van der Waals surface area contributed by atoms with Crippen LogP contribution in [-0.2, 0) is 14.3 Å². The molecule has 0 radical (unpaired) electrons. The number of hydrogen-bond acceptors (Lipinski definition) is 5. The number of hydrogen-bond donors (Lipinski definition) is 3. The number of thioether (sulfide) groups is 1. The van der Waals surface area contributed by atoms with Crippen molar-refractivity contribution < 1.29 is 19.1 Å². The van der Waals surface area contributed by atoms with Gasteiger partial charge in [0.2, 0.25) is 11.8 Å². The standard InChI is InChI=1S/C21H22ClN3O4S/c1-12(2)11-29-21(28)24-15-5-3-4-14(9-15)23-19(26)10-18-20(27)25-16-8-13(22)6-7-17(16)30-18/h3-9,12,18H,10-11H2,1-2H3,(H,23,26)(H,24,28)(H,25,27). The SMILES string of the molecule is CC(C)COC(=O)Nc1cccc(NC(=O)CC2Sc3ccc(Cl)cc3NC2=O)c1. The Kier molecular flexibility index (Phi) is 7.23. The van der Waals surface area contributed by atoms with Crippen LogP contribution in [0.5, 0.6) is 0 Å². The molecule has 0 saturated heterocycles. The van der Waals surface area contributed by atoms with Crippen molar-refractivity contribution in [3.05, 3.63) is 47.5 Å². The molecular weight excluding hydrogens is 426 g/mol. The summed E-state index contributed by atoms with van der Waals surface area (Å²) in [5.74, 6) is -0.312. The lowest BCUT2D eigenvalue weighted by atomic mass is 10.2. The van der Waals surface area contributed by atoms with Gasteiger partial charge in [-0.05, 0) is 42.3 Å². The molecule has 3 amide bonds. The molecule has 0 fully saturated rings. The van der Waals surface area contributed by atoms with E-state index in [4.69, 9.17) is 16.3 Å².